The summed E-state index contributed by atoms with van der Waals surface area (Å²) in [5, 5.41) is 3.21. The van der Waals surface area contributed by atoms with Crippen LogP contribution in [0.5, 0.6) is 0 Å². The van der Waals surface area contributed by atoms with Gasteiger partial charge < -0.3 is 11.1 Å². The SMILES string of the molecule is Nc1cccc(S(=O)(=O)NC(=O)c2cccnc2NC2CCCCC2C2CCCCC2)n1. The molecule has 2 saturated carbocycles. The first-order valence-corrected chi connectivity index (χ1v) is 12.9. The number of hydrogen-bond donors (Lipinski definition) is 3. The van der Waals surface area contributed by atoms with E-state index in [0.29, 0.717) is 17.7 Å². The van der Waals surface area contributed by atoms with Crippen molar-refractivity contribution < 1.29 is 13.2 Å². The first-order chi connectivity index (χ1) is 15.4. The molecule has 0 bridgehead atoms. The fraction of sp³-hybridized carbons (Fsp3) is 0.522. The second-order valence-corrected chi connectivity index (χ2v) is 10.5. The molecule has 9 heteroatoms. The Labute approximate surface area is 189 Å². The van der Waals surface area contributed by atoms with E-state index in [1.807, 2.05) is 0 Å². The molecule has 0 aromatic carbocycles. The van der Waals surface area contributed by atoms with Crippen LogP contribution in [0.15, 0.2) is 41.6 Å². The summed E-state index contributed by atoms with van der Waals surface area (Å²) in [6.45, 7) is 0. The molecule has 2 atom stereocenters. The van der Waals surface area contributed by atoms with E-state index >= 15 is 0 Å². The van der Waals surface area contributed by atoms with Crippen LogP contribution in [0, 0.1) is 11.8 Å². The van der Waals surface area contributed by atoms with Crippen LogP contribution in [0.25, 0.3) is 0 Å². The second kappa shape index (κ2) is 9.85. The van der Waals surface area contributed by atoms with Crippen molar-refractivity contribution in [2.45, 2.75) is 68.9 Å². The molecule has 8 nitrogen and oxygen atoms in total. The highest BCUT2D eigenvalue weighted by atomic mass is 32.2. The van der Waals surface area contributed by atoms with Gasteiger partial charge in [-0.25, -0.2) is 14.7 Å². The topological polar surface area (TPSA) is 127 Å². The molecular formula is C23H31N5O3S. The molecule has 0 saturated heterocycles. The molecule has 1 amide bonds. The van der Waals surface area contributed by atoms with Crippen molar-refractivity contribution >= 4 is 27.6 Å². The van der Waals surface area contributed by atoms with E-state index in [0.717, 1.165) is 12.8 Å². The molecule has 4 N–H and O–H groups in total. The van der Waals surface area contributed by atoms with Gasteiger partial charge in [0, 0.05) is 12.2 Å². The summed E-state index contributed by atoms with van der Waals surface area (Å²) >= 11 is 0. The maximum absolute atomic E-state index is 12.9. The number of pyridine rings is 2. The van der Waals surface area contributed by atoms with Gasteiger partial charge in [0.05, 0.1) is 5.56 Å². The lowest BCUT2D eigenvalue weighted by atomic mass is 9.71. The van der Waals surface area contributed by atoms with Crippen molar-refractivity contribution in [3.8, 4) is 0 Å². The van der Waals surface area contributed by atoms with Crippen molar-refractivity contribution in [1.82, 2.24) is 14.7 Å². The lowest BCUT2D eigenvalue weighted by Gasteiger charge is -2.39. The van der Waals surface area contributed by atoms with Crippen LogP contribution in [0.3, 0.4) is 0 Å². The average molecular weight is 458 g/mol. The minimum Gasteiger partial charge on any atom is -0.384 e. The Balaban J connectivity index is 1.52. The maximum Gasteiger partial charge on any atom is 0.281 e. The number of nitrogen functional groups attached to an aromatic ring is 1. The Morgan fingerprint density at radius 3 is 2.50 bits per heavy atom. The van der Waals surface area contributed by atoms with Crippen LogP contribution in [0.2, 0.25) is 0 Å². The van der Waals surface area contributed by atoms with Crippen molar-refractivity contribution in [2.24, 2.45) is 11.8 Å². The zero-order chi connectivity index (χ0) is 22.6. The number of nitrogens with two attached hydrogens (primary N) is 1. The number of sulfonamides is 1. The van der Waals surface area contributed by atoms with E-state index in [9.17, 15) is 13.2 Å². The first-order valence-electron chi connectivity index (χ1n) is 11.5. The Morgan fingerprint density at radius 2 is 1.72 bits per heavy atom. The molecular weight excluding hydrogens is 426 g/mol. The molecule has 0 aliphatic heterocycles. The molecule has 2 aromatic rings. The molecule has 0 spiro atoms. The summed E-state index contributed by atoms with van der Waals surface area (Å²) in [6.07, 6.45) is 12.7. The minimum atomic E-state index is -4.15. The molecule has 2 fully saturated rings. The maximum atomic E-state index is 12.9. The predicted molar refractivity (Wildman–Crippen MR) is 123 cm³/mol. The van der Waals surface area contributed by atoms with Gasteiger partial charge in [-0.2, -0.15) is 8.42 Å². The van der Waals surface area contributed by atoms with E-state index < -0.39 is 15.9 Å². The average Bonchev–Trinajstić information content (AvgIpc) is 2.80. The minimum absolute atomic E-state index is 0.0649. The molecule has 2 aliphatic rings. The van der Waals surface area contributed by atoms with Gasteiger partial charge >= 0.3 is 0 Å². The number of aromatic nitrogens is 2. The van der Waals surface area contributed by atoms with Crippen LogP contribution in [0.1, 0.15) is 68.1 Å². The number of hydrogen-bond acceptors (Lipinski definition) is 7. The van der Waals surface area contributed by atoms with Crippen LogP contribution in [-0.4, -0.2) is 30.3 Å². The van der Waals surface area contributed by atoms with Crippen molar-refractivity contribution in [1.29, 1.82) is 0 Å². The fourth-order valence-electron chi connectivity index (χ4n) is 5.15. The summed E-state index contributed by atoms with van der Waals surface area (Å²) in [6, 6.07) is 7.71. The quantitative estimate of drug-likeness (QED) is 0.603. The van der Waals surface area contributed by atoms with Gasteiger partial charge in [0.15, 0.2) is 5.03 Å². The Morgan fingerprint density at radius 1 is 0.969 bits per heavy atom. The molecule has 0 radical (unpaired) electrons. The van der Waals surface area contributed by atoms with Gasteiger partial charge in [0.2, 0.25) is 0 Å². The third-order valence-electron chi connectivity index (χ3n) is 6.70. The van der Waals surface area contributed by atoms with Gasteiger partial charge in [-0.1, -0.05) is 51.0 Å². The second-order valence-electron chi connectivity index (χ2n) is 8.83. The van der Waals surface area contributed by atoms with E-state index in [-0.39, 0.29) is 22.4 Å². The summed E-state index contributed by atoms with van der Waals surface area (Å²) in [7, 11) is -4.15. The van der Waals surface area contributed by atoms with Crippen molar-refractivity contribution in [3.63, 3.8) is 0 Å². The van der Waals surface area contributed by atoms with Gasteiger partial charge in [0.1, 0.15) is 11.6 Å². The monoisotopic (exact) mass is 457 g/mol. The van der Waals surface area contributed by atoms with E-state index in [1.54, 1.807) is 18.3 Å². The van der Waals surface area contributed by atoms with Crippen LogP contribution in [0.4, 0.5) is 11.6 Å². The van der Waals surface area contributed by atoms with Crippen LogP contribution >= 0.6 is 0 Å². The first kappa shape index (κ1) is 22.5. The van der Waals surface area contributed by atoms with Gasteiger partial charge in [-0.3, -0.25) is 4.79 Å². The largest absolute Gasteiger partial charge is 0.384 e. The Bertz CT molecular complexity index is 1050. The smallest absolute Gasteiger partial charge is 0.281 e. The van der Waals surface area contributed by atoms with Gasteiger partial charge in [-0.15, -0.1) is 0 Å². The van der Waals surface area contributed by atoms with Gasteiger partial charge in [-0.05, 0) is 48.9 Å². The number of anilines is 2. The van der Waals surface area contributed by atoms with Crippen molar-refractivity contribution in [3.05, 3.63) is 42.1 Å². The fourth-order valence-corrected chi connectivity index (χ4v) is 6.10. The summed E-state index contributed by atoms with van der Waals surface area (Å²) in [4.78, 5) is 21.1. The normalized spacial score (nSPS) is 22.2. The van der Waals surface area contributed by atoms with E-state index in [2.05, 4.69) is 20.0 Å². The summed E-state index contributed by atoms with van der Waals surface area (Å²) in [5.41, 5.74) is 5.79. The zero-order valence-electron chi connectivity index (χ0n) is 18.2. The van der Waals surface area contributed by atoms with Gasteiger partial charge in [0.25, 0.3) is 15.9 Å². The molecule has 2 aromatic heterocycles. The molecule has 2 heterocycles. The lowest BCUT2D eigenvalue weighted by Crippen LogP contribution is -2.39. The molecule has 2 unspecified atom stereocenters. The Kier molecular flexibility index (Phi) is 6.93. The molecule has 2 aliphatic carbocycles. The molecule has 32 heavy (non-hydrogen) atoms. The predicted octanol–water partition coefficient (Wildman–Crippen LogP) is 3.73. The van der Waals surface area contributed by atoms with Crippen molar-refractivity contribution in [2.75, 3.05) is 11.1 Å². The number of nitrogens with zero attached hydrogens (tertiary/aromatic N) is 2. The van der Waals surface area contributed by atoms with Crippen LogP contribution in [-0.2, 0) is 10.0 Å². The third kappa shape index (κ3) is 5.20. The zero-order valence-corrected chi connectivity index (χ0v) is 19.0. The van der Waals surface area contributed by atoms with Crippen LogP contribution < -0.4 is 15.8 Å². The summed E-state index contributed by atoms with van der Waals surface area (Å²) < 4.78 is 27.4. The summed E-state index contributed by atoms with van der Waals surface area (Å²) in [5.74, 6) is 1.01. The van der Waals surface area contributed by atoms with E-state index in [4.69, 9.17) is 5.73 Å². The number of carbonyl (C=O) groups is 1. The third-order valence-corrected chi connectivity index (χ3v) is 7.93. The highest BCUT2D eigenvalue weighted by Gasteiger charge is 2.33. The number of amides is 1. The Hall–Kier alpha value is -2.68. The standard InChI is InChI=1S/C23H31N5O3S/c24-20-13-6-14-21(27-20)32(30,31)28-23(29)18-11-7-15-25-22(18)26-19-12-5-4-10-17(19)16-8-2-1-3-9-16/h6-7,11,13-17,19H,1-5,8-10,12H2,(H2,24,27)(H,25,26)(H,28,29). The highest BCUT2D eigenvalue weighted by molar-refractivity contribution is 7.90. The van der Waals surface area contributed by atoms with E-state index in [1.165, 1.54) is 63.1 Å². The number of carbonyl (C=O) groups excluding carboxylic acids is 1. The number of rotatable bonds is 6. The number of nitrogens with one attached hydrogen (secondary N) is 2. The molecule has 172 valence electrons. The lowest BCUT2D eigenvalue weighted by molar-refractivity contribution is 0.0981. The molecule has 4 rings (SSSR count). The highest BCUT2D eigenvalue weighted by Crippen LogP contribution is 2.39.